The lowest BCUT2D eigenvalue weighted by molar-refractivity contribution is -0.00188. The molecule has 1 saturated carbocycles. The Bertz CT molecular complexity index is 410. The molecule has 1 aromatic carbocycles. The van der Waals surface area contributed by atoms with E-state index in [0.717, 1.165) is 24.8 Å². The lowest BCUT2D eigenvalue weighted by Crippen LogP contribution is -2.42. The number of rotatable bonds is 2. The van der Waals surface area contributed by atoms with Gasteiger partial charge in [-0.2, -0.15) is 0 Å². The molecule has 2 atom stereocenters. The molecule has 4 heteroatoms. The predicted octanol–water partition coefficient (Wildman–Crippen LogP) is 3.17. The van der Waals surface area contributed by atoms with Gasteiger partial charge >= 0.3 is 0 Å². The third-order valence-electron chi connectivity index (χ3n) is 3.41. The number of halogens is 2. The van der Waals surface area contributed by atoms with Gasteiger partial charge in [-0.3, -0.25) is 0 Å². The Balaban J connectivity index is 2.17. The monoisotopic (exact) mass is 273 g/mol. The van der Waals surface area contributed by atoms with Crippen molar-refractivity contribution in [1.29, 1.82) is 0 Å². The van der Waals surface area contributed by atoms with Crippen LogP contribution in [0.3, 0.4) is 0 Å². The summed E-state index contributed by atoms with van der Waals surface area (Å²) in [5, 5.41) is 11.6. The molecule has 0 saturated heterocycles. The van der Waals surface area contributed by atoms with Gasteiger partial charge in [0.05, 0.1) is 15.6 Å². The Labute approximate surface area is 112 Å². The summed E-state index contributed by atoms with van der Waals surface area (Å²) < 4.78 is 0. The Morgan fingerprint density at radius 1 is 1.41 bits per heavy atom. The van der Waals surface area contributed by atoms with E-state index in [4.69, 9.17) is 28.9 Å². The van der Waals surface area contributed by atoms with E-state index in [1.807, 2.05) is 12.1 Å². The quantitative estimate of drug-likeness (QED) is 0.870. The van der Waals surface area contributed by atoms with Crippen molar-refractivity contribution in [2.75, 3.05) is 0 Å². The van der Waals surface area contributed by atoms with Crippen LogP contribution in [0.2, 0.25) is 10.0 Å². The minimum atomic E-state index is -0.730. The minimum absolute atomic E-state index is 0.0895. The van der Waals surface area contributed by atoms with Gasteiger partial charge in [-0.1, -0.05) is 35.3 Å². The number of benzene rings is 1. The third kappa shape index (κ3) is 3.14. The standard InChI is InChI=1S/C13H17Cl2NO/c14-11-5-1-3-9(12(11)15)7-13(17)6-2-4-10(16)8-13/h1,3,5,10,17H,2,4,6-8,16H2. The van der Waals surface area contributed by atoms with E-state index >= 15 is 0 Å². The molecule has 3 N–H and O–H groups in total. The molecule has 2 nitrogen and oxygen atoms in total. The van der Waals surface area contributed by atoms with Crippen LogP contribution < -0.4 is 5.73 Å². The first-order valence-electron chi connectivity index (χ1n) is 5.91. The molecule has 2 rings (SSSR count). The van der Waals surface area contributed by atoms with Crippen LogP contribution in [0.1, 0.15) is 31.2 Å². The molecule has 1 aliphatic carbocycles. The van der Waals surface area contributed by atoms with E-state index < -0.39 is 5.60 Å². The summed E-state index contributed by atoms with van der Waals surface area (Å²) in [5.41, 5.74) is 6.08. The summed E-state index contributed by atoms with van der Waals surface area (Å²) in [7, 11) is 0. The number of hydrogen-bond donors (Lipinski definition) is 2. The van der Waals surface area contributed by atoms with E-state index in [0.29, 0.717) is 22.9 Å². The van der Waals surface area contributed by atoms with Crippen LogP contribution >= 0.6 is 23.2 Å². The van der Waals surface area contributed by atoms with Crippen molar-refractivity contribution in [3.63, 3.8) is 0 Å². The zero-order chi connectivity index (χ0) is 12.5. The van der Waals surface area contributed by atoms with Crippen molar-refractivity contribution in [2.45, 2.75) is 43.7 Å². The highest BCUT2D eigenvalue weighted by atomic mass is 35.5. The maximum Gasteiger partial charge on any atom is 0.0703 e. The number of hydrogen-bond acceptors (Lipinski definition) is 2. The van der Waals surface area contributed by atoms with Crippen LogP contribution in [-0.4, -0.2) is 16.7 Å². The fourth-order valence-electron chi connectivity index (χ4n) is 2.59. The Kier molecular flexibility index (Phi) is 3.99. The Morgan fingerprint density at radius 3 is 2.88 bits per heavy atom. The Morgan fingerprint density at radius 2 is 2.18 bits per heavy atom. The third-order valence-corrected chi connectivity index (χ3v) is 4.27. The predicted molar refractivity (Wildman–Crippen MR) is 71.6 cm³/mol. The van der Waals surface area contributed by atoms with Gasteiger partial charge in [0.1, 0.15) is 0 Å². The first-order valence-corrected chi connectivity index (χ1v) is 6.67. The van der Waals surface area contributed by atoms with Crippen molar-refractivity contribution in [3.8, 4) is 0 Å². The van der Waals surface area contributed by atoms with Crippen molar-refractivity contribution in [2.24, 2.45) is 5.73 Å². The average molecular weight is 274 g/mol. The summed E-state index contributed by atoms with van der Waals surface area (Å²) in [6, 6.07) is 5.61. The van der Waals surface area contributed by atoms with Crippen LogP contribution in [0.25, 0.3) is 0 Å². The van der Waals surface area contributed by atoms with Gasteiger partial charge in [-0.05, 0) is 37.3 Å². The van der Waals surface area contributed by atoms with Crippen LogP contribution in [0.4, 0.5) is 0 Å². The van der Waals surface area contributed by atoms with E-state index in [1.165, 1.54) is 0 Å². The lowest BCUT2D eigenvalue weighted by atomic mass is 9.78. The molecule has 17 heavy (non-hydrogen) atoms. The smallest absolute Gasteiger partial charge is 0.0703 e. The van der Waals surface area contributed by atoms with Crippen molar-refractivity contribution < 1.29 is 5.11 Å². The van der Waals surface area contributed by atoms with Crippen molar-refractivity contribution >= 4 is 23.2 Å². The van der Waals surface area contributed by atoms with E-state index in [9.17, 15) is 5.11 Å². The van der Waals surface area contributed by atoms with E-state index in [2.05, 4.69) is 0 Å². The van der Waals surface area contributed by atoms with Crippen LogP contribution in [0.15, 0.2) is 18.2 Å². The summed E-state index contributed by atoms with van der Waals surface area (Å²) in [6.07, 6.45) is 3.90. The van der Waals surface area contributed by atoms with Gasteiger partial charge in [0.2, 0.25) is 0 Å². The normalized spacial score (nSPS) is 29.3. The van der Waals surface area contributed by atoms with Crippen molar-refractivity contribution in [1.82, 2.24) is 0 Å². The first kappa shape index (κ1) is 13.2. The second-order valence-corrected chi connectivity index (χ2v) is 5.76. The van der Waals surface area contributed by atoms with Gasteiger partial charge < -0.3 is 10.8 Å². The summed E-state index contributed by atoms with van der Waals surface area (Å²) >= 11 is 12.1. The molecule has 0 heterocycles. The van der Waals surface area contributed by atoms with Crippen LogP contribution in [0.5, 0.6) is 0 Å². The van der Waals surface area contributed by atoms with Gasteiger partial charge in [0, 0.05) is 12.5 Å². The maximum atomic E-state index is 10.5. The highest BCUT2D eigenvalue weighted by Gasteiger charge is 2.33. The summed E-state index contributed by atoms with van der Waals surface area (Å²) in [6.45, 7) is 0. The van der Waals surface area contributed by atoms with E-state index in [-0.39, 0.29) is 6.04 Å². The fourth-order valence-corrected chi connectivity index (χ4v) is 2.97. The van der Waals surface area contributed by atoms with Crippen LogP contribution in [0, 0.1) is 0 Å². The molecule has 0 amide bonds. The molecule has 0 radical (unpaired) electrons. The molecular formula is C13H17Cl2NO. The van der Waals surface area contributed by atoms with E-state index in [1.54, 1.807) is 6.07 Å². The van der Waals surface area contributed by atoms with Crippen LogP contribution in [-0.2, 0) is 6.42 Å². The maximum absolute atomic E-state index is 10.5. The topological polar surface area (TPSA) is 46.2 Å². The zero-order valence-corrected chi connectivity index (χ0v) is 11.1. The van der Waals surface area contributed by atoms with Gasteiger partial charge in [0.15, 0.2) is 0 Å². The summed E-state index contributed by atoms with van der Waals surface area (Å²) in [5.74, 6) is 0. The molecule has 1 fully saturated rings. The molecule has 94 valence electrons. The average Bonchev–Trinajstić information content (AvgIpc) is 2.24. The zero-order valence-electron chi connectivity index (χ0n) is 9.63. The molecule has 0 aromatic heterocycles. The molecule has 0 aliphatic heterocycles. The fraction of sp³-hybridized carbons (Fsp3) is 0.538. The van der Waals surface area contributed by atoms with Crippen molar-refractivity contribution in [3.05, 3.63) is 33.8 Å². The summed E-state index contributed by atoms with van der Waals surface area (Å²) in [4.78, 5) is 0. The largest absolute Gasteiger partial charge is 0.389 e. The molecule has 1 aromatic rings. The second-order valence-electron chi connectivity index (χ2n) is 4.97. The highest BCUT2D eigenvalue weighted by Crippen LogP contribution is 2.34. The molecule has 2 unspecified atom stereocenters. The molecule has 0 bridgehead atoms. The minimum Gasteiger partial charge on any atom is -0.389 e. The Hall–Kier alpha value is -0.280. The lowest BCUT2D eigenvalue weighted by Gasteiger charge is -2.35. The molecule has 1 aliphatic rings. The SMILES string of the molecule is NC1CCCC(O)(Cc2cccc(Cl)c2Cl)C1. The van der Waals surface area contributed by atoms with Gasteiger partial charge in [-0.15, -0.1) is 0 Å². The second kappa shape index (κ2) is 5.15. The molecular weight excluding hydrogens is 257 g/mol. The number of nitrogens with two attached hydrogens (primary N) is 1. The number of aliphatic hydroxyl groups is 1. The van der Waals surface area contributed by atoms with Gasteiger partial charge in [-0.25, -0.2) is 0 Å². The van der Waals surface area contributed by atoms with Gasteiger partial charge in [0.25, 0.3) is 0 Å². The first-order chi connectivity index (χ1) is 8.00. The molecule has 0 spiro atoms. The highest BCUT2D eigenvalue weighted by molar-refractivity contribution is 6.42.